The first-order chi connectivity index (χ1) is 5.74. The largest absolute Gasteiger partial charge is 0.316 e. The summed E-state index contributed by atoms with van der Waals surface area (Å²) in [6, 6.07) is 8.73. The Morgan fingerprint density at radius 1 is 1.33 bits per heavy atom. The van der Waals surface area contributed by atoms with E-state index in [0.717, 1.165) is 6.54 Å². The SMILES string of the molecule is CNCc1cccc(C(C)C)c1. The van der Waals surface area contributed by atoms with Gasteiger partial charge in [0.25, 0.3) is 0 Å². The molecule has 0 unspecified atom stereocenters. The maximum atomic E-state index is 3.15. The van der Waals surface area contributed by atoms with Gasteiger partial charge in [-0.05, 0) is 24.1 Å². The van der Waals surface area contributed by atoms with Crippen LogP contribution < -0.4 is 5.32 Å². The normalized spacial score (nSPS) is 10.7. The highest BCUT2D eigenvalue weighted by molar-refractivity contribution is 5.25. The van der Waals surface area contributed by atoms with Crippen molar-refractivity contribution in [1.29, 1.82) is 0 Å². The molecule has 0 spiro atoms. The minimum Gasteiger partial charge on any atom is -0.316 e. The van der Waals surface area contributed by atoms with Gasteiger partial charge in [-0.25, -0.2) is 0 Å². The van der Waals surface area contributed by atoms with E-state index in [9.17, 15) is 0 Å². The molecule has 0 amide bonds. The third-order valence-electron chi connectivity index (χ3n) is 2.00. The van der Waals surface area contributed by atoms with Crippen molar-refractivity contribution in [1.82, 2.24) is 5.32 Å². The molecule has 0 saturated carbocycles. The van der Waals surface area contributed by atoms with Crippen molar-refractivity contribution in [3.05, 3.63) is 35.4 Å². The molecule has 1 rings (SSSR count). The lowest BCUT2D eigenvalue weighted by Crippen LogP contribution is -2.05. The van der Waals surface area contributed by atoms with Crippen molar-refractivity contribution in [2.24, 2.45) is 0 Å². The summed E-state index contributed by atoms with van der Waals surface area (Å²) >= 11 is 0. The van der Waals surface area contributed by atoms with Crippen molar-refractivity contribution in [2.75, 3.05) is 7.05 Å². The number of nitrogens with one attached hydrogen (secondary N) is 1. The number of hydrogen-bond donors (Lipinski definition) is 1. The first-order valence-electron chi connectivity index (χ1n) is 4.47. The topological polar surface area (TPSA) is 12.0 Å². The minimum absolute atomic E-state index is 0.627. The lowest BCUT2D eigenvalue weighted by Gasteiger charge is -2.07. The summed E-state index contributed by atoms with van der Waals surface area (Å²) in [5, 5.41) is 3.15. The molecular formula is C11H17N. The van der Waals surface area contributed by atoms with Gasteiger partial charge < -0.3 is 5.32 Å². The highest BCUT2D eigenvalue weighted by Crippen LogP contribution is 2.15. The second kappa shape index (κ2) is 4.27. The highest BCUT2D eigenvalue weighted by Gasteiger charge is 1.98. The summed E-state index contributed by atoms with van der Waals surface area (Å²) in [4.78, 5) is 0. The first kappa shape index (κ1) is 9.27. The smallest absolute Gasteiger partial charge is 0.0202 e. The van der Waals surface area contributed by atoms with Gasteiger partial charge >= 0.3 is 0 Å². The van der Waals surface area contributed by atoms with Gasteiger partial charge in [0.15, 0.2) is 0 Å². The first-order valence-corrected chi connectivity index (χ1v) is 4.47. The van der Waals surface area contributed by atoms with Gasteiger partial charge in [0.1, 0.15) is 0 Å². The highest BCUT2D eigenvalue weighted by atomic mass is 14.8. The second-order valence-corrected chi connectivity index (χ2v) is 3.43. The molecule has 1 N–H and O–H groups in total. The molecule has 0 saturated heterocycles. The van der Waals surface area contributed by atoms with Crippen LogP contribution >= 0.6 is 0 Å². The molecule has 1 heteroatoms. The van der Waals surface area contributed by atoms with Crippen LogP contribution in [0.5, 0.6) is 0 Å². The van der Waals surface area contributed by atoms with Crippen molar-refractivity contribution < 1.29 is 0 Å². The Hall–Kier alpha value is -0.820. The Kier molecular flexibility index (Phi) is 3.30. The molecule has 1 aromatic rings. The van der Waals surface area contributed by atoms with E-state index >= 15 is 0 Å². The maximum Gasteiger partial charge on any atom is 0.0202 e. The summed E-state index contributed by atoms with van der Waals surface area (Å²) in [5.74, 6) is 0.627. The van der Waals surface area contributed by atoms with E-state index in [1.165, 1.54) is 11.1 Å². The Labute approximate surface area is 74.8 Å². The van der Waals surface area contributed by atoms with Crippen molar-refractivity contribution in [3.63, 3.8) is 0 Å². The number of hydrogen-bond acceptors (Lipinski definition) is 1. The summed E-state index contributed by atoms with van der Waals surface area (Å²) in [6.07, 6.45) is 0. The van der Waals surface area contributed by atoms with Gasteiger partial charge in [-0.2, -0.15) is 0 Å². The zero-order valence-electron chi connectivity index (χ0n) is 8.09. The van der Waals surface area contributed by atoms with Crippen LogP contribution in [0.3, 0.4) is 0 Å². The lowest BCUT2D eigenvalue weighted by atomic mass is 10.0. The third kappa shape index (κ3) is 2.35. The molecule has 12 heavy (non-hydrogen) atoms. The van der Waals surface area contributed by atoms with E-state index in [2.05, 4.69) is 43.4 Å². The predicted octanol–water partition coefficient (Wildman–Crippen LogP) is 2.53. The van der Waals surface area contributed by atoms with Crippen LogP contribution in [-0.4, -0.2) is 7.05 Å². The second-order valence-electron chi connectivity index (χ2n) is 3.43. The van der Waals surface area contributed by atoms with E-state index in [1.807, 2.05) is 7.05 Å². The maximum absolute atomic E-state index is 3.15. The Morgan fingerprint density at radius 3 is 2.67 bits per heavy atom. The zero-order chi connectivity index (χ0) is 8.97. The van der Waals surface area contributed by atoms with Crippen LogP contribution in [0.4, 0.5) is 0 Å². The fourth-order valence-electron chi connectivity index (χ4n) is 1.27. The standard InChI is InChI=1S/C11H17N/c1-9(2)11-6-4-5-10(7-11)8-12-3/h4-7,9,12H,8H2,1-3H3. The molecule has 1 aromatic carbocycles. The van der Waals surface area contributed by atoms with Gasteiger partial charge in [0, 0.05) is 6.54 Å². The van der Waals surface area contributed by atoms with Crippen LogP contribution in [0.2, 0.25) is 0 Å². The van der Waals surface area contributed by atoms with E-state index in [-0.39, 0.29) is 0 Å². The average Bonchev–Trinajstić information content (AvgIpc) is 2.05. The van der Waals surface area contributed by atoms with Crippen LogP contribution in [0.15, 0.2) is 24.3 Å². The molecule has 0 aromatic heterocycles. The third-order valence-corrected chi connectivity index (χ3v) is 2.00. The van der Waals surface area contributed by atoms with E-state index in [1.54, 1.807) is 0 Å². The molecule has 0 atom stereocenters. The van der Waals surface area contributed by atoms with Gasteiger partial charge in [-0.15, -0.1) is 0 Å². The summed E-state index contributed by atoms with van der Waals surface area (Å²) < 4.78 is 0. The summed E-state index contributed by atoms with van der Waals surface area (Å²) in [5.41, 5.74) is 2.78. The molecule has 0 aliphatic rings. The van der Waals surface area contributed by atoms with Gasteiger partial charge in [0.2, 0.25) is 0 Å². The molecule has 0 aliphatic heterocycles. The van der Waals surface area contributed by atoms with Gasteiger partial charge in [0.05, 0.1) is 0 Å². The number of benzene rings is 1. The zero-order valence-corrected chi connectivity index (χ0v) is 8.09. The van der Waals surface area contributed by atoms with Crippen LogP contribution in [0.1, 0.15) is 30.9 Å². The molecule has 66 valence electrons. The minimum atomic E-state index is 0.627. The summed E-state index contributed by atoms with van der Waals surface area (Å²) in [6.45, 7) is 5.40. The van der Waals surface area contributed by atoms with Crippen molar-refractivity contribution in [3.8, 4) is 0 Å². The van der Waals surface area contributed by atoms with E-state index in [4.69, 9.17) is 0 Å². The fraction of sp³-hybridized carbons (Fsp3) is 0.455. The monoisotopic (exact) mass is 163 g/mol. The lowest BCUT2D eigenvalue weighted by molar-refractivity contribution is 0.807. The summed E-state index contributed by atoms with van der Waals surface area (Å²) in [7, 11) is 1.97. The van der Waals surface area contributed by atoms with Gasteiger partial charge in [-0.3, -0.25) is 0 Å². The Bertz CT molecular complexity index is 241. The van der Waals surface area contributed by atoms with E-state index < -0.39 is 0 Å². The number of rotatable bonds is 3. The average molecular weight is 163 g/mol. The molecule has 1 nitrogen and oxygen atoms in total. The predicted molar refractivity (Wildman–Crippen MR) is 53.3 cm³/mol. The quantitative estimate of drug-likeness (QED) is 0.722. The van der Waals surface area contributed by atoms with Crippen molar-refractivity contribution in [2.45, 2.75) is 26.3 Å². The van der Waals surface area contributed by atoms with E-state index in [0.29, 0.717) is 5.92 Å². The Balaban J connectivity index is 2.81. The van der Waals surface area contributed by atoms with Crippen LogP contribution in [0, 0.1) is 0 Å². The van der Waals surface area contributed by atoms with Gasteiger partial charge in [-0.1, -0.05) is 38.1 Å². The molecule has 0 heterocycles. The molecular weight excluding hydrogens is 146 g/mol. The van der Waals surface area contributed by atoms with Crippen molar-refractivity contribution >= 4 is 0 Å². The molecule has 0 bridgehead atoms. The fourth-order valence-corrected chi connectivity index (χ4v) is 1.27. The molecule has 0 radical (unpaired) electrons. The molecule has 0 aliphatic carbocycles. The van der Waals surface area contributed by atoms with Crippen LogP contribution in [-0.2, 0) is 6.54 Å². The van der Waals surface area contributed by atoms with Crippen LogP contribution in [0.25, 0.3) is 0 Å². The molecule has 0 fully saturated rings. The Morgan fingerprint density at radius 2 is 2.08 bits per heavy atom.